The summed E-state index contributed by atoms with van der Waals surface area (Å²) in [4.78, 5) is 11.1. The predicted molar refractivity (Wildman–Crippen MR) is 69.1 cm³/mol. The summed E-state index contributed by atoms with van der Waals surface area (Å²) in [5.41, 5.74) is 6.19. The van der Waals surface area contributed by atoms with Crippen LogP contribution in [0.2, 0.25) is 0 Å². The highest BCUT2D eigenvalue weighted by molar-refractivity contribution is 5.80. The monoisotopic (exact) mass is 226 g/mol. The van der Waals surface area contributed by atoms with Crippen molar-refractivity contribution in [3.8, 4) is 0 Å². The molecular formula is C13H26N2O. The molecule has 3 N–H and O–H groups in total. The fraction of sp³-hybridized carbons (Fsp3) is 0.769. The molecule has 0 aliphatic rings. The van der Waals surface area contributed by atoms with E-state index >= 15 is 0 Å². The molecule has 0 spiro atoms. The molecular weight excluding hydrogens is 200 g/mol. The summed E-state index contributed by atoms with van der Waals surface area (Å²) in [5, 5.41) is 3.35. The number of allylic oxidation sites excluding steroid dienone is 2. The molecule has 3 nitrogen and oxygen atoms in total. The van der Waals surface area contributed by atoms with Crippen molar-refractivity contribution in [2.24, 2.45) is 11.1 Å². The largest absolute Gasteiger partial charge is 0.369 e. The predicted octanol–water partition coefficient (Wildman–Crippen LogP) is 2.22. The Kier molecular flexibility index (Phi) is 6.34. The number of carbonyl (C=O) groups excluding carboxylic acids is 1. The van der Waals surface area contributed by atoms with Crippen LogP contribution in [0.25, 0.3) is 0 Å². The van der Waals surface area contributed by atoms with Crippen LogP contribution in [-0.4, -0.2) is 18.5 Å². The van der Waals surface area contributed by atoms with Crippen molar-refractivity contribution in [3.05, 3.63) is 11.6 Å². The Bertz CT molecular complexity index is 253. The van der Waals surface area contributed by atoms with Gasteiger partial charge in [0.2, 0.25) is 5.91 Å². The van der Waals surface area contributed by atoms with Gasteiger partial charge in [0, 0.05) is 12.6 Å². The summed E-state index contributed by atoms with van der Waals surface area (Å²) in [5.74, 6) is -0.253. The summed E-state index contributed by atoms with van der Waals surface area (Å²) < 4.78 is 0. The van der Waals surface area contributed by atoms with Crippen LogP contribution >= 0.6 is 0 Å². The number of rotatable bonds is 7. The smallest absolute Gasteiger partial charge is 0.224 e. The molecule has 1 atom stereocenters. The molecule has 0 saturated heterocycles. The molecule has 0 aliphatic carbocycles. The summed E-state index contributed by atoms with van der Waals surface area (Å²) in [6.07, 6.45) is 4.39. The van der Waals surface area contributed by atoms with Crippen molar-refractivity contribution in [1.29, 1.82) is 0 Å². The topological polar surface area (TPSA) is 55.1 Å². The summed E-state index contributed by atoms with van der Waals surface area (Å²) in [7, 11) is 0. The molecule has 3 heteroatoms. The molecule has 0 aliphatic heterocycles. The van der Waals surface area contributed by atoms with E-state index in [4.69, 9.17) is 5.73 Å². The van der Waals surface area contributed by atoms with Crippen LogP contribution in [0.4, 0.5) is 0 Å². The number of carbonyl (C=O) groups is 1. The van der Waals surface area contributed by atoms with Crippen molar-refractivity contribution >= 4 is 5.91 Å². The Morgan fingerprint density at radius 3 is 2.44 bits per heavy atom. The van der Waals surface area contributed by atoms with Crippen molar-refractivity contribution < 1.29 is 4.79 Å². The highest BCUT2D eigenvalue weighted by Crippen LogP contribution is 2.12. The maximum Gasteiger partial charge on any atom is 0.224 e. The Morgan fingerprint density at radius 2 is 2.00 bits per heavy atom. The van der Waals surface area contributed by atoms with E-state index in [0.717, 1.165) is 12.8 Å². The molecule has 0 heterocycles. The molecule has 0 saturated carbocycles. The zero-order valence-electron chi connectivity index (χ0n) is 11.3. The van der Waals surface area contributed by atoms with E-state index in [-0.39, 0.29) is 5.91 Å². The second kappa shape index (κ2) is 6.69. The van der Waals surface area contributed by atoms with Crippen LogP contribution in [0.15, 0.2) is 11.6 Å². The van der Waals surface area contributed by atoms with Crippen LogP contribution in [0, 0.1) is 5.41 Å². The third-order valence-corrected chi connectivity index (χ3v) is 2.71. The summed E-state index contributed by atoms with van der Waals surface area (Å²) in [6.45, 7) is 10.7. The van der Waals surface area contributed by atoms with Gasteiger partial charge in [-0.15, -0.1) is 0 Å². The number of primary amides is 1. The molecule has 0 aromatic carbocycles. The van der Waals surface area contributed by atoms with Gasteiger partial charge < -0.3 is 11.1 Å². The van der Waals surface area contributed by atoms with Crippen LogP contribution in [0.1, 0.15) is 47.5 Å². The lowest BCUT2D eigenvalue weighted by atomic mass is 9.92. The van der Waals surface area contributed by atoms with Gasteiger partial charge >= 0.3 is 0 Å². The minimum atomic E-state index is -0.467. The third kappa shape index (κ3) is 6.62. The first-order valence-electron chi connectivity index (χ1n) is 5.92. The number of nitrogens with two attached hydrogens (primary N) is 1. The molecule has 1 unspecified atom stereocenters. The van der Waals surface area contributed by atoms with Crippen LogP contribution in [-0.2, 0) is 4.79 Å². The number of hydrogen-bond donors (Lipinski definition) is 2. The molecule has 0 rings (SSSR count). The molecule has 0 bridgehead atoms. The summed E-state index contributed by atoms with van der Waals surface area (Å²) in [6, 6.07) is 0.411. The zero-order valence-corrected chi connectivity index (χ0v) is 11.3. The second-order valence-corrected chi connectivity index (χ2v) is 5.39. The zero-order chi connectivity index (χ0) is 12.8. The number of hydrogen-bond acceptors (Lipinski definition) is 2. The van der Waals surface area contributed by atoms with Crippen LogP contribution in [0.5, 0.6) is 0 Å². The molecule has 0 fully saturated rings. The van der Waals surface area contributed by atoms with E-state index in [1.807, 2.05) is 13.8 Å². The lowest BCUT2D eigenvalue weighted by Gasteiger charge is -2.23. The van der Waals surface area contributed by atoms with Crippen LogP contribution < -0.4 is 11.1 Å². The van der Waals surface area contributed by atoms with Gasteiger partial charge in [0.05, 0.1) is 5.41 Å². The Morgan fingerprint density at radius 1 is 1.44 bits per heavy atom. The van der Waals surface area contributed by atoms with Crippen LogP contribution in [0.3, 0.4) is 0 Å². The number of amides is 1. The average Bonchev–Trinajstić information content (AvgIpc) is 2.14. The Labute approximate surface area is 99.5 Å². The fourth-order valence-electron chi connectivity index (χ4n) is 1.24. The van der Waals surface area contributed by atoms with E-state index in [2.05, 4.69) is 32.2 Å². The second-order valence-electron chi connectivity index (χ2n) is 5.39. The van der Waals surface area contributed by atoms with E-state index in [1.54, 1.807) is 0 Å². The highest BCUT2D eigenvalue weighted by Gasteiger charge is 2.24. The van der Waals surface area contributed by atoms with Gasteiger partial charge in [-0.1, -0.05) is 11.6 Å². The molecule has 1 amide bonds. The minimum Gasteiger partial charge on any atom is -0.369 e. The lowest BCUT2D eigenvalue weighted by molar-refractivity contribution is -0.125. The van der Waals surface area contributed by atoms with Crippen molar-refractivity contribution in [2.45, 2.75) is 53.5 Å². The minimum absolute atomic E-state index is 0.253. The van der Waals surface area contributed by atoms with Crippen molar-refractivity contribution in [3.63, 3.8) is 0 Å². The average molecular weight is 226 g/mol. The third-order valence-electron chi connectivity index (χ3n) is 2.71. The molecule has 0 aromatic rings. The maximum atomic E-state index is 11.1. The maximum absolute atomic E-state index is 11.1. The van der Waals surface area contributed by atoms with Crippen molar-refractivity contribution in [2.75, 3.05) is 6.54 Å². The number of nitrogens with one attached hydrogen (secondary N) is 1. The lowest BCUT2D eigenvalue weighted by Crippen LogP contribution is -2.43. The van der Waals surface area contributed by atoms with Gasteiger partial charge in [-0.25, -0.2) is 0 Å². The van der Waals surface area contributed by atoms with Gasteiger partial charge in [-0.05, 0) is 47.5 Å². The standard InChI is InChI=1S/C13H26N2O/c1-10(2)7-6-8-11(3)15-9-13(4,5)12(14)16/h7,11,15H,6,8-9H2,1-5H3,(H2,14,16). The molecule has 0 radical (unpaired) electrons. The Balaban J connectivity index is 3.86. The highest BCUT2D eigenvalue weighted by atomic mass is 16.1. The molecule has 0 aromatic heterocycles. The van der Waals surface area contributed by atoms with E-state index < -0.39 is 5.41 Å². The van der Waals surface area contributed by atoms with E-state index in [0.29, 0.717) is 12.6 Å². The van der Waals surface area contributed by atoms with E-state index in [1.165, 1.54) is 5.57 Å². The first-order valence-corrected chi connectivity index (χ1v) is 5.92. The van der Waals surface area contributed by atoms with E-state index in [9.17, 15) is 4.79 Å². The quantitative estimate of drug-likeness (QED) is 0.654. The Hall–Kier alpha value is -0.830. The van der Waals surface area contributed by atoms with Gasteiger partial charge in [0.25, 0.3) is 0 Å². The summed E-state index contributed by atoms with van der Waals surface area (Å²) >= 11 is 0. The molecule has 94 valence electrons. The first-order chi connectivity index (χ1) is 7.25. The normalized spacial score (nSPS) is 13.3. The van der Waals surface area contributed by atoms with Gasteiger partial charge in [0.1, 0.15) is 0 Å². The fourth-order valence-corrected chi connectivity index (χ4v) is 1.24. The van der Waals surface area contributed by atoms with Gasteiger partial charge in [-0.2, -0.15) is 0 Å². The first kappa shape index (κ1) is 15.2. The SMILES string of the molecule is CC(C)=CCCC(C)NCC(C)(C)C(N)=O. The van der Waals surface area contributed by atoms with Gasteiger partial charge in [-0.3, -0.25) is 4.79 Å². The molecule has 16 heavy (non-hydrogen) atoms. The van der Waals surface area contributed by atoms with Gasteiger partial charge in [0.15, 0.2) is 0 Å². The van der Waals surface area contributed by atoms with Crippen molar-refractivity contribution in [1.82, 2.24) is 5.32 Å².